The minimum absolute atomic E-state index is 0.258. The SMILES string of the molecule is CC(C)c1ccccc1OCCOc1ccc(Cl)cc1C(N)=S. The van der Waals surface area contributed by atoms with E-state index < -0.39 is 0 Å². The van der Waals surface area contributed by atoms with Crippen molar-refractivity contribution < 1.29 is 9.47 Å². The first-order valence-corrected chi connectivity index (χ1v) is 8.21. The highest BCUT2D eigenvalue weighted by molar-refractivity contribution is 7.80. The van der Waals surface area contributed by atoms with Crippen molar-refractivity contribution in [1.82, 2.24) is 0 Å². The van der Waals surface area contributed by atoms with Gasteiger partial charge in [-0.15, -0.1) is 0 Å². The molecule has 3 nitrogen and oxygen atoms in total. The Labute approximate surface area is 147 Å². The van der Waals surface area contributed by atoms with Crippen LogP contribution in [0, 0.1) is 0 Å². The Hall–Kier alpha value is -1.78. The highest BCUT2D eigenvalue weighted by Crippen LogP contribution is 2.26. The van der Waals surface area contributed by atoms with Crippen LogP contribution in [-0.2, 0) is 0 Å². The number of hydrogen-bond acceptors (Lipinski definition) is 3. The third-order valence-electron chi connectivity index (χ3n) is 3.35. The molecule has 0 bridgehead atoms. The van der Waals surface area contributed by atoms with E-state index in [0.29, 0.717) is 35.5 Å². The van der Waals surface area contributed by atoms with Crippen molar-refractivity contribution in [3.8, 4) is 11.5 Å². The second-order valence-corrected chi connectivity index (χ2v) is 6.27. The monoisotopic (exact) mass is 349 g/mol. The fourth-order valence-corrected chi connectivity index (χ4v) is 2.54. The molecule has 2 aromatic carbocycles. The summed E-state index contributed by atoms with van der Waals surface area (Å²) < 4.78 is 11.6. The molecule has 0 aliphatic heterocycles. The summed E-state index contributed by atoms with van der Waals surface area (Å²) in [5, 5.41) is 0.572. The number of halogens is 1. The second kappa shape index (κ2) is 8.18. The lowest BCUT2D eigenvalue weighted by Crippen LogP contribution is -2.15. The van der Waals surface area contributed by atoms with Crippen molar-refractivity contribution in [3.05, 3.63) is 58.6 Å². The Morgan fingerprint density at radius 3 is 2.39 bits per heavy atom. The van der Waals surface area contributed by atoms with Gasteiger partial charge in [-0.3, -0.25) is 0 Å². The molecule has 23 heavy (non-hydrogen) atoms. The molecule has 0 saturated heterocycles. The van der Waals surface area contributed by atoms with Gasteiger partial charge in [0.25, 0.3) is 0 Å². The number of para-hydroxylation sites is 1. The number of rotatable bonds is 7. The highest BCUT2D eigenvalue weighted by atomic mass is 35.5. The number of nitrogens with two attached hydrogens (primary N) is 1. The lowest BCUT2D eigenvalue weighted by Gasteiger charge is -2.15. The van der Waals surface area contributed by atoms with Crippen LogP contribution >= 0.6 is 23.8 Å². The topological polar surface area (TPSA) is 44.5 Å². The summed E-state index contributed by atoms with van der Waals surface area (Å²) in [6, 6.07) is 13.2. The standard InChI is InChI=1S/C18H20ClNO2S/c1-12(2)14-5-3-4-6-16(14)21-9-10-22-17-8-7-13(19)11-15(17)18(20)23/h3-8,11-12H,9-10H2,1-2H3,(H2,20,23). The molecule has 0 spiro atoms. The number of hydrogen-bond donors (Lipinski definition) is 1. The normalized spacial score (nSPS) is 10.6. The van der Waals surface area contributed by atoms with Crippen molar-refractivity contribution in [2.24, 2.45) is 5.73 Å². The first-order chi connectivity index (χ1) is 11.0. The van der Waals surface area contributed by atoms with Crippen LogP contribution in [-0.4, -0.2) is 18.2 Å². The third-order valence-corrected chi connectivity index (χ3v) is 3.80. The Balaban J connectivity index is 1.95. The van der Waals surface area contributed by atoms with Crippen molar-refractivity contribution in [3.63, 3.8) is 0 Å². The van der Waals surface area contributed by atoms with Gasteiger partial charge in [0.05, 0.1) is 5.56 Å². The highest BCUT2D eigenvalue weighted by Gasteiger charge is 2.09. The Bertz CT molecular complexity index is 688. The van der Waals surface area contributed by atoms with Crippen LogP contribution in [0.15, 0.2) is 42.5 Å². The summed E-state index contributed by atoms with van der Waals surface area (Å²) >= 11 is 11.0. The average Bonchev–Trinajstić information content (AvgIpc) is 2.52. The zero-order valence-corrected chi connectivity index (χ0v) is 14.8. The van der Waals surface area contributed by atoms with Gasteiger partial charge in [-0.1, -0.05) is 55.9 Å². The van der Waals surface area contributed by atoms with Crippen LogP contribution in [0.4, 0.5) is 0 Å². The summed E-state index contributed by atoms with van der Waals surface area (Å²) in [7, 11) is 0. The molecule has 2 rings (SSSR count). The van der Waals surface area contributed by atoms with E-state index in [1.54, 1.807) is 18.2 Å². The van der Waals surface area contributed by atoms with Crippen LogP contribution in [0.3, 0.4) is 0 Å². The molecule has 0 aliphatic rings. The Morgan fingerprint density at radius 2 is 1.74 bits per heavy atom. The molecule has 2 N–H and O–H groups in total. The van der Waals surface area contributed by atoms with Gasteiger partial charge in [0.2, 0.25) is 0 Å². The van der Waals surface area contributed by atoms with Gasteiger partial charge in [0.1, 0.15) is 29.7 Å². The van der Waals surface area contributed by atoms with E-state index >= 15 is 0 Å². The van der Waals surface area contributed by atoms with E-state index in [1.165, 1.54) is 5.56 Å². The lowest BCUT2D eigenvalue weighted by molar-refractivity contribution is 0.215. The summed E-state index contributed by atoms with van der Waals surface area (Å²) in [5.74, 6) is 1.91. The van der Waals surface area contributed by atoms with Gasteiger partial charge < -0.3 is 15.2 Å². The van der Waals surface area contributed by atoms with E-state index in [0.717, 1.165) is 5.75 Å². The van der Waals surface area contributed by atoms with Gasteiger partial charge in [0, 0.05) is 5.02 Å². The Morgan fingerprint density at radius 1 is 1.09 bits per heavy atom. The first-order valence-electron chi connectivity index (χ1n) is 7.43. The average molecular weight is 350 g/mol. The summed E-state index contributed by atoms with van der Waals surface area (Å²) in [6.07, 6.45) is 0. The summed E-state index contributed by atoms with van der Waals surface area (Å²) in [5.41, 5.74) is 7.51. The summed E-state index contributed by atoms with van der Waals surface area (Å²) in [6.45, 7) is 5.11. The van der Waals surface area contributed by atoms with Crippen molar-refractivity contribution in [1.29, 1.82) is 0 Å². The van der Waals surface area contributed by atoms with Gasteiger partial charge in [-0.2, -0.15) is 0 Å². The first kappa shape index (κ1) is 17.6. The van der Waals surface area contributed by atoms with Gasteiger partial charge in [-0.05, 0) is 35.7 Å². The maximum atomic E-state index is 5.95. The second-order valence-electron chi connectivity index (χ2n) is 5.39. The fourth-order valence-electron chi connectivity index (χ4n) is 2.21. The fraction of sp³-hybridized carbons (Fsp3) is 0.278. The van der Waals surface area contributed by atoms with E-state index in [1.807, 2.05) is 18.2 Å². The molecule has 0 unspecified atom stereocenters. The molecule has 0 radical (unpaired) electrons. The quantitative estimate of drug-likeness (QED) is 0.588. The molecule has 0 atom stereocenters. The van der Waals surface area contributed by atoms with Crippen LogP contribution in [0.2, 0.25) is 5.02 Å². The number of thiocarbonyl (C=S) groups is 1. The molecule has 122 valence electrons. The van der Waals surface area contributed by atoms with E-state index in [-0.39, 0.29) is 4.99 Å². The Kier molecular flexibility index (Phi) is 6.25. The minimum Gasteiger partial charge on any atom is -0.490 e. The molecular weight excluding hydrogens is 330 g/mol. The molecule has 2 aromatic rings. The van der Waals surface area contributed by atoms with Crippen LogP contribution < -0.4 is 15.2 Å². The maximum Gasteiger partial charge on any atom is 0.129 e. The number of benzene rings is 2. The predicted molar refractivity (Wildman–Crippen MR) is 98.9 cm³/mol. The molecule has 0 heterocycles. The largest absolute Gasteiger partial charge is 0.490 e. The van der Waals surface area contributed by atoms with Gasteiger partial charge in [-0.25, -0.2) is 0 Å². The van der Waals surface area contributed by atoms with Crippen LogP contribution in [0.5, 0.6) is 11.5 Å². The van der Waals surface area contributed by atoms with Gasteiger partial charge in [0.15, 0.2) is 0 Å². The molecule has 0 saturated carbocycles. The zero-order chi connectivity index (χ0) is 16.8. The smallest absolute Gasteiger partial charge is 0.129 e. The van der Waals surface area contributed by atoms with Gasteiger partial charge >= 0.3 is 0 Å². The van der Waals surface area contributed by atoms with Crippen LogP contribution in [0.1, 0.15) is 30.9 Å². The molecule has 0 aliphatic carbocycles. The van der Waals surface area contributed by atoms with Crippen LogP contribution in [0.25, 0.3) is 0 Å². The van der Waals surface area contributed by atoms with E-state index in [2.05, 4.69) is 19.9 Å². The molecule has 0 aromatic heterocycles. The molecule has 0 amide bonds. The maximum absolute atomic E-state index is 5.95. The number of ether oxygens (including phenoxy) is 2. The van der Waals surface area contributed by atoms with Crippen molar-refractivity contribution >= 4 is 28.8 Å². The summed E-state index contributed by atoms with van der Waals surface area (Å²) in [4.78, 5) is 0.258. The zero-order valence-electron chi connectivity index (χ0n) is 13.2. The minimum atomic E-state index is 0.258. The lowest BCUT2D eigenvalue weighted by atomic mass is 10.0. The molecule has 5 heteroatoms. The predicted octanol–water partition coefficient (Wildman–Crippen LogP) is 4.56. The van der Waals surface area contributed by atoms with E-state index in [9.17, 15) is 0 Å². The molecule has 0 fully saturated rings. The van der Waals surface area contributed by atoms with Crippen molar-refractivity contribution in [2.45, 2.75) is 19.8 Å². The van der Waals surface area contributed by atoms with E-state index in [4.69, 9.17) is 39.0 Å². The molecular formula is C18H20ClNO2S. The third kappa shape index (κ3) is 4.85. The van der Waals surface area contributed by atoms with Crippen molar-refractivity contribution in [2.75, 3.05) is 13.2 Å².